The number of nitrogens with one attached hydrogen (secondary N) is 1. The average molecular weight is 195 g/mol. The molecule has 2 nitrogen and oxygen atoms in total. The zero-order valence-corrected chi connectivity index (χ0v) is 9.09. The van der Waals surface area contributed by atoms with Crippen LogP contribution >= 0.6 is 0 Å². The lowest BCUT2D eigenvalue weighted by atomic mass is 10.0. The lowest BCUT2D eigenvalue weighted by molar-refractivity contribution is -0.121. The first-order valence-corrected chi connectivity index (χ1v) is 5.70. The number of carbonyl (C=O) groups is 1. The highest BCUT2D eigenvalue weighted by Gasteiger charge is 2.17. The third-order valence-corrected chi connectivity index (χ3v) is 2.82. The quantitative estimate of drug-likeness (QED) is 0.530. The highest BCUT2D eigenvalue weighted by atomic mass is 16.1. The van der Waals surface area contributed by atoms with Gasteiger partial charge in [0.15, 0.2) is 0 Å². The van der Waals surface area contributed by atoms with Gasteiger partial charge in [-0.3, -0.25) is 4.79 Å². The van der Waals surface area contributed by atoms with Crippen LogP contribution in [0, 0.1) is 5.92 Å². The Morgan fingerprint density at radius 1 is 1.43 bits per heavy atom. The number of hydrogen-bond acceptors (Lipinski definition) is 1. The van der Waals surface area contributed by atoms with Crippen LogP contribution in [0.1, 0.15) is 45.4 Å². The summed E-state index contributed by atoms with van der Waals surface area (Å²) in [6, 6.07) is 0. The molecule has 0 aromatic rings. The first-order chi connectivity index (χ1) is 6.83. The van der Waals surface area contributed by atoms with E-state index in [1.807, 2.05) is 13.0 Å². The van der Waals surface area contributed by atoms with Crippen LogP contribution in [0.5, 0.6) is 0 Å². The SMILES string of the molecule is C/C=C/CCNC(=O)CC1CCCC1. The predicted molar refractivity (Wildman–Crippen MR) is 59.0 cm³/mol. The maximum Gasteiger partial charge on any atom is 0.220 e. The summed E-state index contributed by atoms with van der Waals surface area (Å²) in [6.07, 6.45) is 10.9. The van der Waals surface area contributed by atoms with Gasteiger partial charge in [0.05, 0.1) is 0 Å². The minimum absolute atomic E-state index is 0.237. The number of allylic oxidation sites excluding steroid dienone is 1. The zero-order chi connectivity index (χ0) is 10.2. The number of carbonyl (C=O) groups excluding carboxylic acids is 1. The summed E-state index contributed by atoms with van der Waals surface area (Å²) in [4.78, 5) is 11.4. The molecule has 0 heterocycles. The fraction of sp³-hybridized carbons (Fsp3) is 0.750. The van der Waals surface area contributed by atoms with Gasteiger partial charge in [-0.2, -0.15) is 0 Å². The Morgan fingerprint density at radius 2 is 2.14 bits per heavy atom. The first kappa shape index (κ1) is 11.3. The number of rotatable bonds is 5. The van der Waals surface area contributed by atoms with E-state index in [1.165, 1.54) is 25.7 Å². The van der Waals surface area contributed by atoms with Crippen LogP contribution < -0.4 is 5.32 Å². The van der Waals surface area contributed by atoms with Crippen molar-refractivity contribution in [3.8, 4) is 0 Å². The second-order valence-electron chi connectivity index (χ2n) is 4.06. The van der Waals surface area contributed by atoms with E-state index in [4.69, 9.17) is 0 Å². The molecule has 1 N–H and O–H groups in total. The van der Waals surface area contributed by atoms with Crippen molar-refractivity contribution in [2.24, 2.45) is 5.92 Å². The topological polar surface area (TPSA) is 29.1 Å². The third kappa shape index (κ3) is 4.45. The summed E-state index contributed by atoms with van der Waals surface area (Å²) in [5.74, 6) is 0.901. The molecule has 0 spiro atoms. The molecule has 0 bridgehead atoms. The standard InChI is InChI=1S/C12H21NO/c1-2-3-6-9-13-12(14)10-11-7-4-5-8-11/h2-3,11H,4-10H2,1H3,(H,13,14)/b3-2+. The Bertz CT molecular complexity index is 192. The molecule has 14 heavy (non-hydrogen) atoms. The molecule has 1 aliphatic carbocycles. The fourth-order valence-electron chi connectivity index (χ4n) is 2.01. The molecule has 0 unspecified atom stereocenters. The highest BCUT2D eigenvalue weighted by molar-refractivity contribution is 5.76. The molecule has 1 aliphatic rings. The maximum atomic E-state index is 11.4. The molecule has 1 saturated carbocycles. The van der Waals surface area contributed by atoms with E-state index in [-0.39, 0.29) is 5.91 Å². The van der Waals surface area contributed by atoms with Crippen LogP contribution in [0.15, 0.2) is 12.2 Å². The average Bonchev–Trinajstić information content (AvgIpc) is 2.65. The van der Waals surface area contributed by atoms with E-state index < -0.39 is 0 Å². The van der Waals surface area contributed by atoms with Gasteiger partial charge in [-0.1, -0.05) is 25.0 Å². The molecule has 0 aromatic carbocycles. The van der Waals surface area contributed by atoms with Gasteiger partial charge in [-0.25, -0.2) is 0 Å². The van der Waals surface area contributed by atoms with Crippen molar-refractivity contribution < 1.29 is 4.79 Å². The summed E-state index contributed by atoms with van der Waals surface area (Å²) in [6.45, 7) is 2.79. The molecule has 0 atom stereocenters. The number of hydrogen-bond donors (Lipinski definition) is 1. The first-order valence-electron chi connectivity index (χ1n) is 5.70. The van der Waals surface area contributed by atoms with Crippen LogP contribution in [0.25, 0.3) is 0 Å². The molecular weight excluding hydrogens is 174 g/mol. The van der Waals surface area contributed by atoms with Gasteiger partial charge in [0.1, 0.15) is 0 Å². The van der Waals surface area contributed by atoms with Gasteiger partial charge < -0.3 is 5.32 Å². The van der Waals surface area contributed by atoms with Gasteiger partial charge in [0.2, 0.25) is 5.91 Å². The van der Waals surface area contributed by atoms with E-state index in [0.717, 1.165) is 19.4 Å². The summed E-state index contributed by atoms with van der Waals surface area (Å²) in [5, 5.41) is 2.95. The summed E-state index contributed by atoms with van der Waals surface area (Å²) in [7, 11) is 0. The van der Waals surface area contributed by atoms with Crippen LogP contribution in [0.3, 0.4) is 0 Å². The van der Waals surface area contributed by atoms with Gasteiger partial charge in [-0.05, 0) is 32.1 Å². The largest absolute Gasteiger partial charge is 0.356 e. The lowest BCUT2D eigenvalue weighted by Crippen LogP contribution is -2.25. The number of amides is 1. The van der Waals surface area contributed by atoms with Gasteiger partial charge in [0.25, 0.3) is 0 Å². The molecule has 2 heteroatoms. The van der Waals surface area contributed by atoms with E-state index in [9.17, 15) is 4.79 Å². The maximum absolute atomic E-state index is 11.4. The van der Waals surface area contributed by atoms with Crippen molar-refractivity contribution in [1.29, 1.82) is 0 Å². The fourth-order valence-corrected chi connectivity index (χ4v) is 2.01. The van der Waals surface area contributed by atoms with E-state index in [0.29, 0.717) is 5.92 Å². The van der Waals surface area contributed by atoms with Crippen molar-refractivity contribution in [2.75, 3.05) is 6.54 Å². The molecule has 0 aromatic heterocycles. The van der Waals surface area contributed by atoms with Crippen LogP contribution in [0.4, 0.5) is 0 Å². The molecular formula is C12H21NO. The second kappa shape index (κ2) is 6.63. The summed E-state index contributed by atoms with van der Waals surface area (Å²) >= 11 is 0. The van der Waals surface area contributed by atoms with Gasteiger partial charge >= 0.3 is 0 Å². The molecule has 1 amide bonds. The van der Waals surface area contributed by atoms with Crippen molar-refractivity contribution in [2.45, 2.75) is 45.4 Å². The van der Waals surface area contributed by atoms with Crippen molar-refractivity contribution in [3.63, 3.8) is 0 Å². The smallest absolute Gasteiger partial charge is 0.220 e. The Morgan fingerprint density at radius 3 is 2.79 bits per heavy atom. The monoisotopic (exact) mass is 195 g/mol. The second-order valence-corrected chi connectivity index (χ2v) is 4.06. The third-order valence-electron chi connectivity index (χ3n) is 2.82. The van der Waals surface area contributed by atoms with Crippen molar-refractivity contribution in [3.05, 3.63) is 12.2 Å². The molecule has 80 valence electrons. The van der Waals surface area contributed by atoms with E-state index in [2.05, 4.69) is 11.4 Å². The molecule has 1 rings (SSSR count). The van der Waals surface area contributed by atoms with Crippen molar-refractivity contribution >= 4 is 5.91 Å². The molecule has 1 fully saturated rings. The van der Waals surface area contributed by atoms with E-state index >= 15 is 0 Å². The lowest BCUT2D eigenvalue weighted by Gasteiger charge is -2.08. The minimum Gasteiger partial charge on any atom is -0.356 e. The van der Waals surface area contributed by atoms with E-state index in [1.54, 1.807) is 0 Å². The Balaban J connectivity index is 2.03. The Hall–Kier alpha value is -0.790. The van der Waals surface area contributed by atoms with Gasteiger partial charge in [0, 0.05) is 13.0 Å². The summed E-state index contributed by atoms with van der Waals surface area (Å²) in [5.41, 5.74) is 0. The zero-order valence-electron chi connectivity index (χ0n) is 9.09. The molecule has 0 aliphatic heterocycles. The van der Waals surface area contributed by atoms with Crippen LogP contribution in [-0.2, 0) is 4.79 Å². The van der Waals surface area contributed by atoms with Gasteiger partial charge in [-0.15, -0.1) is 0 Å². The predicted octanol–water partition coefficient (Wildman–Crippen LogP) is 2.65. The molecule has 0 radical (unpaired) electrons. The highest BCUT2D eigenvalue weighted by Crippen LogP contribution is 2.27. The van der Waals surface area contributed by atoms with Crippen molar-refractivity contribution in [1.82, 2.24) is 5.32 Å². The Labute approximate surface area is 86.8 Å². The van der Waals surface area contributed by atoms with Crippen LogP contribution in [-0.4, -0.2) is 12.5 Å². The Kier molecular flexibility index (Phi) is 5.35. The minimum atomic E-state index is 0.237. The summed E-state index contributed by atoms with van der Waals surface area (Å²) < 4.78 is 0. The van der Waals surface area contributed by atoms with Crippen LogP contribution in [0.2, 0.25) is 0 Å². The molecule has 0 saturated heterocycles. The normalized spacial score (nSPS) is 17.8.